The average Bonchev–Trinajstić information content (AvgIpc) is 3.04. The van der Waals surface area contributed by atoms with Crippen LogP contribution >= 0.6 is 0 Å². The Morgan fingerprint density at radius 3 is 2.18 bits per heavy atom. The van der Waals surface area contributed by atoms with Gasteiger partial charge in [-0.15, -0.1) is 5.10 Å². The molecule has 3 aliphatic rings. The fraction of sp³-hybridized carbons (Fsp3) is 0.400. The minimum absolute atomic E-state index is 0.254. The summed E-state index contributed by atoms with van der Waals surface area (Å²) in [4.78, 5) is 23.8. The van der Waals surface area contributed by atoms with Crippen molar-refractivity contribution in [3.63, 3.8) is 0 Å². The number of carbonyl (C=O) groups is 2. The van der Waals surface area contributed by atoms with E-state index < -0.39 is 22.1 Å². The highest BCUT2D eigenvalue weighted by Gasteiger charge is 2.31. The average molecular weight is 480 g/mol. The molecule has 13 heteroatoms. The fourth-order valence-corrected chi connectivity index (χ4v) is 4.02. The molecule has 1 aromatic heterocycles. The van der Waals surface area contributed by atoms with Crippen LogP contribution in [0.4, 0.5) is 6.01 Å². The molecule has 0 amide bonds. The predicted octanol–water partition coefficient (Wildman–Crippen LogP) is 1.07. The second kappa shape index (κ2) is 10.4. The van der Waals surface area contributed by atoms with Crippen molar-refractivity contribution in [3.05, 3.63) is 36.4 Å². The fourth-order valence-electron chi connectivity index (χ4n) is 3.56. The maximum Gasteiger partial charge on any atom is 0.328 e. The lowest BCUT2D eigenvalue weighted by atomic mass is 10.1. The van der Waals surface area contributed by atoms with E-state index in [0.717, 1.165) is 50.8 Å². The van der Waals surface area contributed by atoms with Crippen molar-refractivity contribution in [3.8, 4) is 17.2 Å². The van der Waals surface area contributed by atoms with Gasteiger partial charge in [-0.2, -0.15) is 8.42 Å². The Kier molecular flexibility index (Phi) is 7.66. The van der Waals surface area contributed by atoms with E-state index in [1.165, 1.54) is 0 Å². The second-order valence-corrected chi connectivity index (χ2v) is 9.05. The van der Waals surface area contributed by atoms with Gasteiger partial charge < -0.3 is 28.6 Å². The van der Waals surface area contributed by atoms with Crippen LogP contribution in [0.15, 0.2) is 40.8 Å². The van der Waals surface area contributed by atoms with E-state index in [1.807, 2.05) is 0 Å². The highest BCUT2D eigenvalue weighted by Crippen LogP contribution is 2.29. The molecule has 0 spiro atoms. The molecular formula is C20H24N4O8S. The van der Waals surface area contributed by atoms with E-state index in [4.69, 9.17) is 18.8 Å². The van der Waals surface area contributed by atoms with Gasteiger partial charge in [-0.25, -0.2) is 9.59 Å². The maximum atomic E-state index is 11.2. The van der Waals surface area contributed by atoms with Gasteiger partial charge in [0.05, 0.1) is 6.26 Å². The maximum absolute atomic E-state index is 11.2. The van der Waals surface area contributed by atoms with Gasteiger partial charge >= 0.3 is 28.1 Å². The van der Waals surface area contributed by atoms with Crippen LogP contribution in [0.5, 0.6) is 5.75 Å². The van der Waals surface area contributed by atoms with E-state index >= 15 is 0 Å². The number of benzene rings is 1. The minimum atomic E-state index is -3.54. The van der Waals surface area contributed by atoms with Crippen LogP contribution in [0, 0.1) is 0 Å². The van der Waals surface area contributed by atoms with Crippen molar-refractivity contribution in [2.45, 2.75) is 18.9 Å². The summed E-state index contributed by atoms with van der Waals surface area (Å²) in [5.41, 5.74) is 0.725. The lowest BCUT2D eigenvalue weighted by molar-refractivity contribution is -0.134. The normalized spacial score (nSPS) is 20.1. The van der Waals surface area contributed by atoms with Gasteiger partial charge in [0, 0.05) is 49.9 Å². The van der Waals surface area contributed by atoms with Crippen molar-refractivity contribution < 1.29 is 36.8 Å². The van der Waals surface area contributed by atoms with Gasteiger partial charge in [0.25, 0.3) is 0 Å². The molecule has 2 aromatic rings. The Hall–Kier alpha value is -3.45. The van der Waals surface area contributed by atoms with E-state index in [9.17, 15) is 18.0 Å². The van der Waals surface area contributed by atoms with Crippen molar-refractivity contribution in [2.24, 2.45) is 0 Å². The molecule has 178 valence electrons. The first kappa shape index (κ1) is 24.2. The molecular weight excluding hydrogens is 456 g/mol. The van der Waals surface area contributed by atoms with Crippen LogP contribution < -0.4 is 9.08 Å². The summed E-state index contributed by atoms with van der Waals surface area (Å²) in [5, 5.41) is 24.0. The molecule has 33 heavy (non-hydrogen) atoms. The number of carboxylic acids is 2. The molecule has 3 aliphatic heterocycles. The standard InChI is InChI=1S/C16H20N4O4S.C4H4O4/c1-25(21,22)24-14-4-2-12(3-5-14)15-17-18-16(23-15)20-11-10-19-8-6-13(20)7-9-19;5-3(6)1-2-4(7)8/h2-5,13H,6-11H2,1H3;1-2H,(H,5,6)(H,7,8)/b;2-1+. The van der Waals surface area contributed by atoms with Crippen molar-refractivity contribution >= 4 is 28.1 Å². The number of hydrogen-bond donors (Lipinski definition) is 2. The minimum Gasteiger partial charge on any atom is -0.478 e. The molecule has 3 saturated heterocycles. The summed E-state index contributed by atoms with van der Waals surface area (Å²) in [5.74, 6) is -1.84. The van der Waals surface area contributed by atoms with Crippen molar-refractivity contribution in [1.82, 2.24) is 15.1 Å². The first-order valence-corrected chi connectivity index (χ1v) is 11.9. The van der Waals surface area contributed by atoms with Crippen LogP contribution in [0.1, 0.15) is 12.8 Å². The van der Waals surface area contributed by atoms with Crippen LogP contribution in [0.2, 0.25) is 0 Å². The lowest BCUT2D eigenvalue weighted by Gasteiger charge is -2.29. The molecule has 0 radical (unpaired) electrons. The topological polar surface area (TPSA) is 163 Å². The highest BCUT2D eigenvalue weighted by molar-refractivity contribution is 7.86. The number of aliphatic carboxylic acids is 2. The van der Waals surface area contributed by atoms with Crippen LogP contribution in [0.3, 0.4) is 0 Å². The number of nitrogens with zero attached hydrogens (tertiary/aromatic N) is 4. The van der Waals surface area contributed by atoms with Crippen molar-refractivity contribution in [2.75, 3.05) is 37.3 Å². The Labute approximate surface area is 190 Å². The molecule has 5 rings (SSSR count). The molecule has 4 heterocycles. The number of piperidine rings is 1. The number of anilines is 1. The Bertz CT molecular complexity index is 1090. The van der Waals surface area contributed by atoms with E-state index in [1.54, 1.807) is 24.3 Å². The number of rotatable bonds is 6. The second-order valence-electron chi connectivity index (χ2n) is 7.48. The van der Waals surface area contributed by atoms with Crippen molar-refractivity contribution in [1.29, 1.82) is 0 Å². The molecule has 1 aromatic carbocycles. The molecule has 0 saturated carbocycles. The number of fused-ring (bicyclic) bond motifs is 4. The Morgan fingerprint density at radius 1 is 1.03 bits per heavy atom. The number of hydrogen-bond acceptors (Lipinski definition) is 10. The zero-order valence-corrected chi connectivity index (χ0v) is 18.6. The van der Waals surface area contributed by atoms with Crippen LogP contribution in [0.25, 0.3) is 11.5 Å². The molecule has 0 unspecified atom stereocenters. The largest absolute Gasteiger partial charge is 0.478 e. The van der Waals surface area contributed by atoms with Gasteiger partial charge in [0.2, 0.25) is 5.89 Å². The number of aromatic nitrogens is 2. The molecule has 12 nitrogen and oxygen atoms in total. The van der Waals surface area contributed by atoms with Crippen LogP contribution in [-0.4, -0.2) is 84.1 Å². The summed E-state index contributed by atoms with van der Waals surface area (Å²) >= 11 is 0. The molecule has 0 atom stereocenters. The summed E-state index contributed by atoms with van der Waals surface area (Å²) in [6.45, 7) is 4.17. The SMILES string of the molecule is CS(=O)(=O)Oc1ccc(-c2nnc(N3CCN4CCC3CC4)o2)cc1.O=C(O)/C=C/C(=O)O. The van der Waals surface area contributed by atoms with Gasteiger partial charge in [-0.3, -0.25) is 0 Å². The zero-order valence-electron chi connectivity index (χ0n) is 17.8. The summed E-state index contributed by atoms with van der Waals surface area (Å²) in [7, 11) is -3.54. The first-order valence-electron chi connectivity index (χ1n) is 10.1. The van der Waals surface area contributed by atoms with Gasteiger partial charge in [0.1, 0.15) is 5.75 Å². The molecule has 3 fully saturated rings. The third kappa shape index (κ3) is 7.29. The summed E-state index contributed by atoms with van der Waals surface area (Å²) in [6.07, 6.45) is 4.37. The van der Waals surface area contributed by atoms with E-state index in [2.05, 4.69) is 20.0 Å². The number of carboxylic acid groups (broad SMARTS) is 2. The molecule has 2 bridgehead atoms. The van der Waals surface area contributed by atoms with E-state index in [-0.39, 0.29) is 5.75 Å². The van der Waals surface area contributed by atoms with Gasteiger partial charge in [-0.05, 0) is 37.1 Å². The Morgan fingerprint density at radius 2 is 1.64 bits per heavy atom. The smallest absolute Gasteiger partial charge is 0.328 e. The lowest BCUT2D eigenvalue weighted by Crippen LogP contribution is -2.38. The summed E-state index contributed by atoms with van der Waals surface area (Å²) < 4.78 is 33.0. The van der Waals surface area contributed by atoms with Gasteiger partial charge in [0.15, 0.2) is 0 Å². The third-order valence-corrected chi connectivity index (χ3v) is 5.53. The van der Waals surface area contributed by atoms with Gasteiger partial charge in [-0.1, -0.05) is 5.10 Å². The highest BCUT2D eigenvalue weighted by atomic mass is 32.2. The molecule has 0 aliphatic carbocycles. The predicted molar refractivity (Wildman–Crippen MR) is 116 cm³/mol. The molecule has 2 N–H and O–H groups in total. The van der Waals surface area contributed by atoms with Crippen LogP contribution in [-0.2, 0) is 19.7 Å². The first-order chi connectivity index (χ1) is 15.6. The monoisotopic (exact) mass is 480 g/mol. The van der Waals surface area contributed by atoms with E-state index in [0.29, 0.717) is 30.1 Å². The summed E-state index contributed by atoms with van der Waals surface area (Å²) in [6, 6.07) is 7.56. The zero-order chi connectivity index (χ0) is 24.0. The Balaban J connectivity index is 0.000000331. The quantitative estimate of drug-likeness (QED) is 0.447. The third-order valence-electron chi connectivity index (χ3n) is 5.03.